The largest absolute Gasteiger partial charge is 0.481 e. The highest BCUT2D eigenvalue weighted by Gasteiger charge is 2.39. The number of nitrogens with one attached hydrogen (secondary N) is 3. The van der Waals surface area contributed by atoms with Gasteiger partial charge in [0, 0.05) is 12.1 Å². The zero-order chi connectivity index (χ0) is 27.0. The Bertz CT molecular complexity index is 833. The monoisotopic (exact) mass is 491 g/mol. The highest BCUT2D eigenvalue weighted by Crippen LogP contribution is 2.27. The third-order valence-corrected chi connectivity index (χ3v) is 6.21. The van der Waals surface area contributed by atoms with Crippen molar-refractivity contribution < 1.29 is 24.6 Å². The molecule has 8 nitrogen and oxygen atoms in total. The number of carbonyl (C=O) groups is 3. The topological polar surface area (TPSA) is 128 Å². The summed E-state index contributed by atoms with van der Waals surface area (Å²) in [7, 11) is 0. The molecule has 0 saturated carbocycles. The van der Waals surface area contributed by atoms with Crippen LogP contribution in [-0.2, 0) is 20.8 Å². The number of rotatable bonds is 13. The summed E-state index contributed by atoms with van der Waals surface area (Å²) in [5.74, 6) is -2.21. The molecule has 0 saturated heterocycles. The summed E-state index contributed by atoms with van der Waals surface area (Å²) >= 11 is 0. The Labute approximate surface area is 210 Å². The van der Waals surface area contributed by atoms with Crippen LogP contribution in [0.2, 0.25) is 0 Å². The quantitative estimate of drug-likeness (QED) is 0.289. The minimum atomic E-state index is -1.27. The number of hydrogen-bond acceptors (Lipinski definition) is 5. The van der Waals surface area contributed by atoms with Gasteiger partial charge in [0.1, 0.15) is 0 Å². The molecule has 0 aliphatic heterocycles. The average molecular weight is 492 g/mol. The second kappa shape index (κ2) is 13.0. The fourth-order valence-corrected chi connectivity index (χ4v) is 3.59. The minimum Gasteiger partial charge on any atom is -0.481 e. The molecule has 0 radical (unpaired) electrons. The summed E-state index contributed by atoms with van der Waals surface area (Å²) in [5.41, 5.74) is -0.729. The SMILES string of the molecule is CC(C)CC(NC[C@H](O)[C@H](Cc1ccccc1)NC(=O)[C@@H](C)C(C)(C)C(=O)O)C(=O)NC(C)(C)C. The third kappa shape index (κ3) is 10.4. The first kappa shape index (κ1) is 30.6. The smallest absolute Gasteiger partial charge is 0.309 e. The van der Waals surface area contributed by atoms with Crippen molar-refractivity contribution in [3.8, 4) is 0 Å². The summed E-state index contributed by atoms with van der Waals surface area (Å²) in [6, 6.07) is 8.29. The van der Waals surface area contributed by atoms with Crippen LogP contribution in [-0.4, -0.2) is 58.3 Å². The van der Waals surface area contributed by atoms with E-state index in [0.717, 1.165) is 5.56 Å². The van der Waals surface area contributed by atoms with Crippen LogP contribution in [0.5, 0.6) is 0 Å². The highest BCUT2D eigenvalue weighted by molar-refractivity contribution is 5.86. The molecule has 1 aromatic carbocycles. The van der Waals surface area contributed by atoms with Gasteiger partial charge in [0.2, 0.25) is 11.8 Å². The van der Waals surface area contributed by atoms with Crippen molar-refractivity contribution in [2.45, 2.75) is 92.0 Å². The van der Waals surface area contributed by atoms with Gasteiger partial charge in [0.05, 0.1) is 29.5 Å². The predicted molar refractivity (Wildman–Crippen MR) is 138 cm³/mol. The second-order valence-electron chi connectivity index (χ2n) is 11.5. The summed E-state index contributed by atoms with van der Waals surface area (Å²) in [6.45, 7) is 14.5. The first-order valence-corrected chi connectivity index (χ1v) is 12.4. The van der Waals surface area contributed by atoms with Crippen molar-refractivity contribution in [3.05, 3.63) is 35.9 Å². The first-order chi connectivity index (χ1) is 16.0. The molecular formula is C27H45N3O5. The first-order valence-electron chi connectivity index (χ1n) is 12.4. The molecule has 0 aliphatic rings. The summed E-state index contributed by atoms with van der Waals surface area (Å²) < 4.78 is 0. The van der Waals surface area contributed by atoms with Crippen LogP contribution in [0.1, 0.15) is 67.4 Å². The number of benzene rings is 1. The highest BCUT2D eigenvalue weighted by atomic mass is 16.4. The van der Waals surface area contributed by atoms with Crippen LogP contribution < -0.4 is 16.0 Å². The van der Waals surface area contributed by atoms with Crippen molar-refractivity contribution in [2.75, 3.05) is 6.54 Å². The molecule has 2 amide bonds. The maximum absolute atomic E-state index is 13.0. The van der Waals surface area contributed by atoms with Gasteiger partial charge in [-0.15, -0.1) is 0 Å². The number of hydrogen-bond donors (Lipinski definition) is 5. The fraction of sp³-hybridized carbons (Fsp3) is 0.667. The van der Waals surface area contributed by atoms with Crippen molar-refractivity contribution in [3.63, 3.8) is 0 Å². The lowest BCUT2D eigenvalue weighted by molar-refractivity contribution is -0.153. The number of aliphatic carboxylic acids is 1. The number of carbonyl (C=O) groups excluding carboxylic acids is 2. The van der Waals surface area contributed by atoms with Crippen LogP contribution in [0.3, 0.4) is 0 Å². The lowest BCUT2D eigenvalue weighted by Gasteiger charge is -2.31. The summed E-state index contributed by atoms with van der Waals surface area (Å²) in [4.78, 5) is 37.4. The van der Waals surface area contributed by atoms with Gasteiger partial charge in [-0.25, -0.2) is 0 Å². The minimum absolute atomic E-state index is 0.0867. The van der Waals surface area contributed by atoms with Crippen LogP contribution >= 0.6 is 0 Å². The second-order valence-corrected chi connectivity index (χ2v) is 11.5. The van der Waals surface area contributed by atoms with Crippen LogP contribution in [0, 0.1) is 17.3 Å². The van der Waals surface area contributed by atoms with E-state index in [1.54, 1.807) is 6.92 Å². The van der Waals surface area contributed by atoms with Crippen molar-refractivity contribution in [2.24, 2.45) is 17.3 Å². The summed E-state index contributed by atoms with van der Waals surface area (Å²) in [5, 5.41) is 29.6. The molecule has 1 rings (SSSR count). The molecule has 0 bridgehead atoms. The molecule has 4 atom stereocenters. The van der Waals surface area contributed by atoms with Crippen LogP contribution in [0.4, 0.5) is 0 Å². The maximum atomic E-state index is 13.0. The Morgan fingerprint density at radius 1 is 0.943 bits per heavy atom. The Hall–Kier alpha value is -2.45. The molecule has 1 aromatic rings. The predicted octanol–water partition coefficient (Wildman–Crippen LogP) is 2.74. The third-order valence-electron chi connectivity index (χ3n) is 6.21. The maximum Gasteiger partial charge on any atom is 0.309 e. The molecule has 0 fully saturated rings. The molecule has 1 unspecified atom stereocenters. The zero-order valence-electron chi connectivity index (χ0n) is 22.5. The molecule has 0 aromatic heterocycles. The number of aliphatic hydroxyl groups is 1. The van der Waals surface area contributed by atoms with Gasteiger partial charge in [-0.2, -0.15) is 0 Å². The van der Waals surface area contributed by atoms with Gasteiger partial charge < -0.3 is 26.2 Å². The van der Waals surface area contributed by atoms with Crippen LogP contribution in [0.25, 0.3) is 0 Å². The molecule has 8 heteroatoms. The Morgan fingerprint density at radius 2 is 1.51 bits per heavy atom. The molecular weight excluding hydrogens is 446 g/mol. The lowest BCUT2D eigenvalue weighted by Crippen LogP contribution is -2.56. The van der Waals surface area contributed by atoms with E-state index < -0.39 is 41.4 Å². The molecule has 35 heavy (non-hydrogen) atoms. The van der Waals surface area contributed by atoms with E-state index in [-0.39, 0.29) is 23.9 Å². The average Bonchev–Trinajstić information content (AvgIpc) is 2.74. The Balaban J connectivity index is 3.03. The standard InChI is InChI=1S/C27H45N3O5/c1-17(2)14-21(24(33)30-26(4,5)6)28-16-22(31)20(15-19-12-10-9-11-13-19)29-23(32)18(3)27(7,8)25(34)35/h9-13,17-18,20-22,28,31H,14-16H2,1-8H3,(H,29,32)(H,30,33)(H,34,35)/t18-,20+,21?,22+/m1/s1. The lowest BCUT2D eigenvalue weighted by atomic mass is 9.79. The van der Waals surface area contributed by atoms with Gasteiger partial charge in [-0.3, -0.25) is 14.4 Å². The number of carboxylic acids is 1. The van der Waals surface area contributed by atoms with Gasteiger partial charge in [-0.05, 0) is 58.9 Å². The Kier molecular flexibility index (Phi) is 11.4. The summed E-state index contributed by atoms with van der Waals surface area (Å²) in [6.07, 6.45) is -0.0521. The number of carboxylic acid groups (broad SMARTS) is 1. The van der Waals surface area contributed by atoms with Gasteiger partial charge in [0.15, 0.2) is 0 Å². The molecule has 0 aliphatic carbocycles. The van der Waals surface area contributed by atoms with E-state index in [4.69, 9.17) is 0 Å². The van der Waals surface area contributed by atoms with E-state index in [1.165, 1.54) is 13.8 Å². The van der Waals surface area contributed by atoms with Gasteiger partial charge >= 0.3 is 5.97 Å². The Morgan fingerprint density at radius 3 is 2.00 bits per heavy atom. The van der Waals surface area contributed by atoms with Gasteiger partial charge in [-0.1, -0.05) is 51.1 Å². The number of amides is 2. The van der Waals surface area contributed by atoms with Crippen molar-refractivity contribution in [1.82, 2.24) is 16.0 Å². The van der Waals surface area contributed by atoms with Crippen LogP contribution in [0.15, 0.2) is 30.3 Å². The normalized spacial score (nSPS) is 15.7. The van der Waals surface area contributed by atoms with E-state index in [9.17, 15) is 24.6 Å². The number of aliphatic hydroxyl groups excluding tert-OH is 1. The molecule has 5 N–H and O–H groups in total. The van der Waals surface area contributed by atoms with E-state index in [1.807, 2.05) is 65.0 Å². The molecule has 0 heterocycles. The molecule has 0 spiro atoms. The van der Waals surface area contributed by atoms with E-state index >= 15 is 0 Å². The van der Waals surface area contributed by atoms with E-state index in [2.05, 4.69) is 16.0 Å². The van der Waals surface area contributed by atoms with Crippen molar-refractivity contribution in [1.29, 1.82) is 0 Å². The fourth-order valence-electron chi connectivity index (χ4n) is 3.59. The molecule has 198 valence electrons. The van der Waals surface area contributed by atoms with Gasteiger partial charge in [0.25, 0.3) is 0 Å². The van der Waals surface area contributed by atoms with E-state index in [0.29, 0.717) is 12.8 Å². The zero-order valence-corrected chi connectivity index (χ0v) is 22.5. The van der Waals surface area contributed by atoms with Crippen molar-refractivity contribution >= 4 is 17.8 Å².